The van der Waals surface area contributed by atoms with Crippen LogP contribution < -0.4 is 9.46 Å². The molecular formula is C16H18N2O5S. The van der Waals surface area contributed by atoms with Crippen molar-refractivity contribution < 1.29 is 18.1 Å². The van der Waals surface area contributed by atoms with Gasteiger partial charge >= 0.3 is 0 Å². The first kappa shape index (κ1) is 17.7. The van der Waals surface area contributed by atoms with Crippen LogP contribution in [-0.4, -0.2) is 19.4 Å². The van der Waals surface area contributed by atoms with Gasteiger partial charge in [0.1, 0.15) is 5.75 Å². The molecule has 0 radical (unpaired) electrons. The molecule has 2 aromatic rings. The lowest BCUT2D eigenvalue weighted by Gasteiger charge is -2.12. The van der Waals surface area contributed by atoms with Crippen molar-refractivity contribution in [2.45, 2.75) is 31.8 Å². The molecule has 0 aromatic heterocycles. The summed E-state index contributed by atoms with van der Waals surface area (Å²) in [6.45, 7) is 5.28. The summed E-state index contributed by atoms with van der Waals surface area (Å²) in [7, 11) is -3.94. The zero-order valence-electron chi connectivity index (χ0n) is 13.5. The number of ether oxygens (including phenoxy) is 1. The molecule has 0 amide bonds. The van der Waals surface area contributed by atoms with Gasteiger partial charge in [-0.2, -0.15) is 0 Å². The van der Waals surface area contributed by atoms with Gasteiger partial charge in [-0.3, -0.25) is 14.8 Å². The van der Waals surface area contributed by atoms with Gasteiger partial charge < -0.3 is 4.74 Å². The van der Waals surface area contributed by atoms with Gasteiger partial charge in [0.25, 0.3) is 15.7 Å². The van der Waals surface area contributed by atoms with Crippen molar-refractivity contribution in [3.63, 3.8) is 0 Å². The van der Waals surface area contributed by atoms with Crippen molar-refractivity contribution in [2.24, 2.45) is 0 Å². The molecule has 2 rings (SSSR count). The van der Waals surface area contributed by atoms with Crippen molar-refractivity contribution in [3.8, 4) is 5.75 Å². The number of nitro benzene ring substituents is 1. The smallest absolute Gasteiger partial charge is 0.273 e. The zero-order valence-corrected chi connectivity index (χ0v) is 14.3. The van der Waals surface area contributed by atoms with E-state index < -0.39 is 14.9 Å². The molecule has 0 bridgehead atoms. The first-order valence-corrected chi connectivity index (χ1v) is 8.72. The number of aryl methyl sites for hydroxylation is 1. The Bertz CT molecular complexity index is 863. The number of benzene rings is 2. The Kier molecular flexibility index (Phi) is 5.08. The topological polar surface area (TPSA) is 98.5 Å². The lowest BCUT2D eigenvalue weighted by molar-refractivity contribution is -0.385. The molecule has 0 fully saturated rings. The maximum Gasteiger partial charge on any atom is 0.273 e. The second kappa shape index (κ2) is 6.88. The number of hydrogen-bond acceptors (Lipinski definition) is 5. The number of anilines is 1. The molecule has 0 saturated carbocycles. The molecule has 2 aromatic carbocycles. The molecule has 24 heavy (non-hydrogen) atoms. The fourth-order valence-electron chi connectivity index (χ4n) is 2.07. The highest BCUT2D eigenvalue weighted by Gasteiger charge is 2.20. The molecule has 1 N–H and O–H groups in total. The van der Waals surface area contributed by atoms with E-state index in [9.17, 15) is 18.5 Å². The van der Waals surface area contributed by atoms with E-state index in [-0.39, 0.29) is 16.7 Å². The third-order valence-corrected chi connectivity index (χ3v) is 4.52. The lowest BCUT2D eigenvalue weighted by Crippen LogP contribution is -2.13. The summed E-state index contributed by atoms with van der Waals surface area (Å²) in [5.41, 5.74) is 0.470. The van der Waals surface area contributed by atoms with E-state index in [1.54, 1.807) is 31.2 Å². The van der Waals surface area contributed by atoms with Crippen LogP contribution in [0.15, 0.2) is 47.4 Å². The minimum absolute atomic E-state index is 0.0448. The van der Waals surface area contributed by atoms with Crippen molar-refractivity contribution in [2.75, 3.05) is 4.72 Å². The summed E-state index contributed by atoms with van der Waals surface area (Å²) in [5, 5.41) is 11.0. The standard InChI is InChI=1S/C16H18N2O5S/c1-11(2)23-14-6-4-5-13(9-14)17-24(21,22)15-8-7-12(3)16(10-15)18(19)20/h4-11,17H,1-3H3. The second-order valence-corrected chi connectivity index (χ2v) is 7.19. The van der Waals surface area contributed by atoms with Crippen molar-refractivity contribution in [1.29, 1.82) is 0 Å². The van der Waals surface area contributed by atoms with Crippen molar-refractivity contribution in [1.82, 2.24) is 0 Å². The molecule has 0 unspecified atom stereocenters. The molecule has 0 aliphatic heterocycles. The van der Waals surface area contributed by atoms with Crippen LogP contribution in [0.3, 0.4) is 0 Å². The Hall–Kier alpha value is -2.61. The summed E-state index contributed by atoms with van der Waals surface area (Å²) in [6.07, 6.45) is -0.0448. The Morgan fingerprint density at radius 2 is 1.88 bits per heavy atom. The number of nitrogens with one attached hydrogen (secondary N) is 1. The van der Waals surface area contributed by atoms with E-state index >= 15 is 0 Å². The highest BCUT2D eigenvalue weighted by atomic mass is 32.2. The molecule has 7 nitrogen and oxygen atoms in total. The Balaban J connectivity index is 2.32. The highest BCUT2D eigenvalue weighted by Crippen LogP contribution is 2.25. The minimum Gasteiger partial charge on any atom is -0.491 e. The second-order valence-electron chi connectivity index (χ2n) is 5.51. The minimum atomic E-state index is -3.94. The van der Waals surface area contributed by atoms with E-state index in [1.165, 1.54) is 12.1 Å². The van der Waals surface area contributed by atoms with Crippen molar-refractivity contribution in [3.05, 3.63) is 58.1 Å². The summed E-state index contributed by atoms with van der Waals surface area (Å²) < 4.78 is 32.8. The van der Waals surface area contributed by atoms with Gasteiger partial charge in [-0.25, -0.2) is 8.42 Å². The van der Waals surface area contributed by atoms with Crippen LogP contribution >= 0.6 is 0 Å². The molecular weight excluding hydrogens is 332 g/mol. The molecule has 0 aliphatic carbocycles. The maximum absolute atomic E-state index is 12.4. The average Bonchev–Trinajstić information content (AvgIpc) is 2.46. The lowest BCUT2D eigenvalue weighted by atomic mass is 10.2. The van der Waals surface area contributed by atoms with E-state index in [4.69, 9.17) is 4.74 Å². The highest BCUT2D eigenvalue weighted by molar-refractivity contribution is 7.92. The van der Waals surface area contributed by atoms with Crippen LogP contribution in [0.2, 0.25) is 0 Å². The van der Waals surface area contributed by atoms with Crippen LogP contribution in [0.1, 0.15) is 19.4 Å². The maximum atomic E-state index is 12.4. The van der Waals surface area contributed by atoms with Gasteiger partial charge in [0.2, 0.25) is 0 Å². The average molecular weight is 350 g/mol. The summed E-state index contributed by atoms with van der Waals surface area (Å²) in [5.74, 6) is 0.528. The number of nitrogens with zero attached hydrogens (tertiary/aromatic N) is 1. The zero-order chi connectivity index (χ0) is 17.9. The largest absolute Gasteiger partial charge is 0.491 e. The molecule has 0 atom stereocenters. The quantitative estimate of drug-likeness (QED) is 0.635. The fourth-order valence-corrected chi connectivity index (χ4v) is 3.14. The van der Waals surface area contributed by atoms with Gasteiger partial charge in [-0.1, -0.05) is 12.1 Å². The first-order valence-electron chi connectivity index (χ1n) is 7.23. The Morgan fingerprint density at radius 1 is 1.17 bits per heavy atom. The van der Waals surface area contributed by atoms with Gasteiger partial charge in [-0.15, -0.1) is 0 Å². The predicted molar refractivity (Wildman–Crippen MR) is 90.8 cm³/mol. The number of rotatable bonds is 6. The van der Waals surface area contributed by atoms with Crippen LogP contribution in [0.4, 0.5) is 11.4 Å². The van der Waals surface area contributed by atoms with Crippen LogP contribution in [-0.2, 0) is 10.0 Å². The van der Waals surface area contributed by atoms with Crippen LogP contribution in [0.5, 0.6) is 5.75 Å². The molecule has 0 aliphatic rings. The number of hydrogen-bond donors (Lipinski definition) is 1. The number of nitro groups is 1. The summed E-state index contributed by atoms with van der Waals surface area (Å²) in [4.78, 5) is 10.2. The van der Waals surface area contributed by atoms with E-state index in [0.717, 1.165) is 6.07 Å². The van der Waals surface area contributed by atoms with Crippen LogP contribution in [0, 0.1) is 17.0 Å². The van der Waals surface area contributed by atoms with Gasteiger partial charge in [0.15, 0.2) is 0 Å². The van der Waals surface area contributed by atoms with E-state index in [2.05, 4.69) is 4.72 Å². The normalized spacial score (nSPS) is 11.3. The first-order chi connectivity index (χ1) is 11.2. The van der Waals surface area contributed by atoms with Gasteiger partial charge in [-0.05, 0) is 39.0 Å². The summed E-state index contributed by atoms with van der Waals surface area (Å²) >= 11 is 0. The molecule has 0 heterocycles. The monoisotopic (exact) mass is 350 g/mol. The van der Waals surface area contributed by atoms with Crippen molar-refractivity contribution >= 4 is 21.4 Å². The Morgan fingerprint density at radius 3 is 2.50 bits per heavy atom. The predicted octanol–water partition coefficient (Wildman–Crippen LogP) is 3.49. The van der Waals surface area contributed by atoms with E-state index in [1.807, 2.05) is 13.8 Å². The third-order valence-electron chi connectivity index (χ3n) is 3.15. The number of sulfonamides is 1. The Labute approximate surface area is 140 Å². The fraction of sp³-hybridized carbons (Fsp3) is 0.250. The van der Waals surface area contributed by atoms with Gasteiger partial charge in [0, 0.05) is 17.7 Å². The van der Waals surface area contributed by atoms with Crippen LogP contribution in [0.25, 0.3) is 0 Å². The molecule has 0 spiro atoms. The summed E-state index contributed by atoms with van der Waals surface area (Å²) in [6, 6.07) is 10.3. The molecule has 0 saturated heterocycles. The van der Waals surface area contributed by atoms with E-state index in [0.29, 0.717) is 17.0 Å². The molecule has 8 heteroatoms. The van der Waals surface area contributed by atoms with Gasteiger partial charge in [0.05, 0.1) is 21.6 Å². The molecule has 128 valence electrons. The SMILES string of the molecule is Cc1ccc(S(=O)(=O)Nc2cccc(OC(C)C)c2)cc1[N+](=O)[O-]. The third kappa shape index (κ3) is 4.23.